The summed E-state index contributed by atoms with van der Waals surface area (Å²) in [7, 11) is 0. The highest BCUT2D eigenvalue weighted by Crippen LogP contribution is 2.25. The molecule has 0 unspecified atom stereocenters. The van der Waals surface area contributed by atoms with Crippen molar-refractivity contribution in [1.29, 1.82) is 0 Å². The lowest BCUT2D eigenvalue weighted by atomic mass is 9.89. The number of rotatable bonds is 6. The maximum absolute atomic E-state index is 12.7. The summed E-state index contributed by atoms with van der Waals surface area (Å²) < 4.78 is 5.34. The van der Waals surface area contributed by atoms with Gasteiger partial charge in [-0.2, -0.15) is 0 Å². The molecule has 0 spiro atoms. The average molecular weight is 415 g/mol. The second-order valence-corrected chi connectivity index (χ2v) is 7.77. The fraction of sp³-hybridized carbons (Fsp3) is 0.231. The Kier molecular flexibility index (Phi) is 6.75. The van der Waals surface area contributed by atoms with Crippen LogP contribution in [0.1, 0.15) is 28.8 Å². The van der Waals surface area contributed by atoms with Crippen molar-refractivity contribution in [3.05, 3.63) is 96.1 Å². The molecule has 1 aliphatic rings. The maximum atomic E-state index is 12.7. The minimum absolute atomic E-state index is 0.0767. The first-order valence-electron chi connectivity index (χ1n) is 10.6. The van der Waals surface area contributed by atoms with Crippen LogP contribution in [0.4, 0.5) is 10.5 Å². The van der Waals surface area contributed by atoms with Crippen LogP contribution in [0, 0.1) is 5.92 Å². The lowest BCUT2D eigenvalue weighted by Crippen LogP contribution is -2.36. The smallest absolute Gasteiger partial charge is 0.410 e. The Labute approximate surface area is 182 Å². The number of para-hydroxylation sites is 2. The number of nitrogens with zero attached hydrogens (tertiary/aromatic N) is 1. The van der Waals surface area contributed by atoms with E-state index in [1.54, 1.807) is 12.1 Å². The zero-order chi connectivity index (χ0) is 21.5. The van der Waals surface area contributed by atoms with E-state index < -0.39 is 6.09 Å². The predicted octanol–water partition coefficient (Wildman–Crippen LogP) is 5.39. The Morgan fingerprint density at radius 1 is 0.839 bits per heavy atom. The van der Waals surface area contributed by atoms with Crippen molar-refractivity contribution in [2.24, 2.45) is 5.92 Å². The normalized spacial score (nSPS) is 14.7. The van der Waals surface area contributed by atoms with Crippen LogP contribution in [0.2, 0.25) is 0 Å². The molecular formula is C26H26N2O3. The summed E-state index contributed by atoms with van der Waals surface area (Å²) in [5, 5.41) is 2.86. The third-order valence-corrected chi connectivity index (χ3v) is 5.62. The summed E-state index contributed by atoms with van der Waals surface area (Å²) in [5.74, 6) is 0.821. The fourth-order valence-corrected chi connectivity index (χ4v) is 3.94. The molecule has 158 valence electrons. The van der Waals surface area contributed by atoms with E-state index in [9.17, 15) is 9.59 Å². The van der Waals surface area contributed by atoms with Crippen molar-refractivity contribution < 1.29 is 14.3 Å². The lowest BCUT2D eigenvalue weighted by Gasteiger charge is -2.31. The Balaban J connectivity index is 1.33. The van der Waals surface area contributed by atoms with Crippen LogP contribution in [0.3, 0.4) is 0 Å². The van der Waals surface area contributed by atoms with Gasteiger partial charge in [0.2, 0.25) is 0 Å². The molecule has 3 aromatic carbocycles. The Morgan fingerprint density at radius 3 is 2.16 bits per heavy atom. The van der Waals surface area contributed by atoms with Gasteiger partial charge in [0, 0.05) is 23.7 Å². The number of likely N-dealkylation sites (tertiary alicyclic amines) is 1. The molecule has 0 aromatic heterocycles. The highest BCUT2D eigenvalue weighted by atomic mass is 16.6. The van der Waals surface area contributed by atoms with Gasteiger partial charge in [-0.3, -0.25) is 15.0 Å². The van der Waals surface area contributed by atoms with E-state index >= 15 is 0 Å². The number of carbonyl (C=O) groups is 2. The molecular weight excluding hydrogens is 388 g/mol. The summed E-state index contributed by atoms with van der Waals surface area (Å²) in [5.41, 5.74) is 2.57. The molecule has 1 amide bonds. The minimum Gasteiger partial charge on any atom is -0.410 e. The second-order valence-electron chi connectivity index (χ2n) is 7.77. The highest BCUT2D eigenvalue weighted by Gasteiger charge is 2.26. The number of nitrogens with one attached hydrogen (secondary N) is 1. The van der Waals surface area contributed by atoms with Crippen molar-refractivity contribution in [3.63, 3.8) is 0 Å². The molecule has 1 saturated heterocycles. The van der Waals surface area contributed by atoms with Gasteiger partial charge in [0.05, 0.1) is 0 Å². The van der Waals surface area contributed by atoms with Crippen LogP contribution in [0.5, 0.6) is 5.75 Å². The Bertz CT molecular complexity index is 1010. The molecule has 0 radical (unpaired) electrons. The number of piperidine rings is 1. The van der Waals surface area contributed by atoms with E-state index in [2.05, 4.69) is 10.2 Å². The van der Waals surface area contributed by atoms with Crippen molar-refractivity contribution in [1.82, 2.24) is 4.90 Å². The number of carbonyl (C=O) groups excluding carboxylic acids is 2. The topological polar surface area (TPSA) is 58.6 Å². The van der Waals surface area contributed by atoms with Crippen LogP contribution in [-0.4, -0.2) is 29.9 Å². The highest BCUT2D eigenvalue weighted by molar-refractivity contribution is 5.97. The van der Waals surface area contributed by atoms with E-state index in [0.29, 0.717) is 12.3 Å². The number of hydrogen-bond donors (Lipinski definition) is 1. The minimum atomic E-state index is -0.509. The van der Waals surface area contributed by atoms with Crippen LogP contribution < -0.4 is 10.1 Å². The SMILES string of the molecule is O=C(Nc1ccccc1CN1CCC(C(=O)c2ccccc2)CC1)Oc1ccccc1. The third kappa shape index (κ3) is 5.58. The molecule has 0 bridgehead atoms. The summed E-state index contributed by atoms with van der Waals surface area (Å²) in [6.45, 7) is 2.42. The zero-order valence-corrected chi connectivity index (χ0v) is 17.4. The van der Waals surface area contributed by atoms with E-state index in [0.717, 1.165) is 42.7 Å². The summed E-state index contributed by atoms with van der Waals surface area (Å²) >= 11 is 0. The van der Waals surface area contributed by atoms with Crippen molar-refractivity contribution in [2.75, 3.05) is 18.4 Å². The lowest BCUT2D eigenvalue weighted by molar-refractivity contribution is 0.0835. The number of amides is 1. The molecule has 1 fully saturated rings. The van der Waals surface area contributed by atoms with Crippen molar-refractivity contribution >= 4 is 17.6 Å². The number of anilines is 1. The Hall–Kier alpha value is -3.44. The van der Waals surface area contributed by atoms with Gasteiger partial charge in [-0.1, -0.05) is 66.7 Å². The zero-order valence-electron chi connectivity index (χ0n) is 17.4. The molecule has 5 nitrogen and oxygen atoms in total. The van der Waals surface area contributed by atoms with Crippen molar-refractivity contribution in [2.45, 2.75) is 19.4 Å². The molecule has 0 saturated carbocycles. The van der Waals surface area contributed by atoms with Gasteiger partial charge in [0.1, 0.15) is 5.75 Å². The fourth-order valence-electron chi connectivity index (χ4n) is 3.94. The van der Waals surface area contributed by atoms with Gasteiger partial charge in [0.25, 0.3) is 0 Å². The van der Waals surface area contributed by atoms with E-state index in [-0.39, 0.29) is 11.7 Å². The van der Waals surface area contributed by atoms with Crippen molar-refractivity contribution in [3.8, 4) is 5.75 Å². The molecule has 31 heavy (non-hydrogen) atoms. The number of Topliss-reactive ketones (excluding diaryl/α,β-unsaturated/α-hetero) is 1. The van der Waals surface area contributed by atoms with Crippen LogP contribution in [0.15, 0.2) is 84.9 Å². The van der Waals surface area contributed by atoms with Gasteiger partial charge in [-0.05, 0) is 49.7 Å². The van der Waals surface area contributed by atoms with Gasteiger partial charge >= 0.3 is 6.09 Å². The van der Waals surface area contributed by atoms with Gasteiger partial charge in [-0.25, -0.2) is 4.79 Å². The quantitative estimate of drug-likeness (QED) is 0.549. The molecule has 5 heteroatoms. The van der Waals surface area contributed by atoms with Gasteiger partial charge in [-0.15, -0.1) is 0 Å². The van der Waals surface area contributed by atoms with Crippen LogP contribution in [0.25, 0.3) is 0 Å². The monoisotopic (exact) mass is 414 g/mol. The molecule has 0 atom stereocenters. The number of benzene rings is 3. The van der Waals surface area contributed by atoms with Crippen LogP contribution >= 0.6 is 0 Å². The first-order valence-corrected chi connectivity index (χ1v) is 10.6. The summed E-state index contributed by atoms with van der Waals surface area (Å²) in [6.07, 6.45) is 1.18. The van der Waals surface area contributed by atoms with Gasteiger partial charge < -0.3 is 4.74 Å². The average Bonchev–Trinajstić information content (AvgIpc) is 2.81. The van der Waals surface area contributed by atoms with E-state index in [4.69, 9.17) is 4.74 Å². The first kappa shape index (κ1) is 20.8. The maximum Gasteiger partial charge on any atom is 0.417 e. The Morgan fingerprint density at radius 2 is 1.45 bits per heavy atom. The van der Waals surface area contributed by atoms with E-state index in [1.807, 2.05) is 72.8 Å². The molecule has 0 aliphatic carbocycles. The predicted molar refractivity (Wildman–Crippen MR) is 121 cm³/mol. The summed E-state index contributed by atoms with van der Waals surface area (Å²) in [6, 6.07) is 26.3. The molecule has 1 aliphatic heterocycles. The molecule has 1 N–H and O–H groups in total. The standard InChI is InChI=1S/C26H26N2O3/c29-25(20-9-3-1-4-10-20)21-15-17-28(18-16-21)19-22-11-7-8-14-24(22)27-26(30)31-23-12-5-2-6-13-23/h1-14,21H,15-19H2,(H,27,30). The number of ketones is 1. The molecule has 1 heterocycles. The van der Waals surface area contributed by atoms with Crippen LogP contribution in [-0.2, 0) is 6.54 Å². The molecule has 4 rings (SSSR count). The molecule has 3 aromatic rings. The van der Waals surface area contributed by atoms with E-state index in [1.165, 1.54) is 0 Å². The first-order chi connectivity index (χ1) is 15.2. The summed E-state index contributed by atoms with van der Waals surface area (Å²) in [4.78, 5) is 27.3. The number of ether oxygens (including phenoxy) is 1. The third-order valence-electron chi connectivity index (χ3n) is 5.62. The van der Waals surface area contributed by atoms with Gasteiger partial charge in [0.15, 0.2) is 5.78 Å². The second kappa shape index (κ2) is 10.0. The largest absolute Gasteiger partial charge is 0.417 e. The number of hydrogen-bond acceptors (Lipinski definition) is 4.